The molecule has 33 heavy (non-hydrogen) atoms. The van der Waals surface area contributed by atoms with Crippen molar-refractivity contribution in [3.05, 3.63) is 30.0 Å². The maximum atomic E-state index is 13.2. The van der Waals surface area contributed by atoms with Crippen LogP contribution in [0.25, 0.3) is 10.9 Å². The van der Waals surface area contributed by atoms with Gasteiger partial charge in [0.05, 0.1) is 11.1 Å². The van der Waals surface area contributed by atoms with E-state index in [0.29, 0.717) is 31.5 Å². The van der Waals surface area contributed by atoms with E-state index in [2.05, 4.69) is 10.4 Å². The summed E-state index contributed by atoms with van der Waals surface area (Å²) in [5.41, 5.74) is -0.234. The Morgan fingerprint density at radius 1 is 1.18 bits per heavy atom. The van der Waals surface area contributed by atoms with Gasteiger partial charge in [-0.2, -0.15) is 5.10 Å². The van der Waals surface area contributed by atoms with E-state index in [1.807, 2.05) is 63.6 Å². The van der Waals surface area contributed by atoms with E-state index in [9.17, 15) is 14.7 Å². The van der Waals surface area contributed by atoms with Gasteiger partial charge in [0.25, 0.3) is 5.91 Å². The van der Waals surface area contributed by atoms with Crippen LogP contribution in [0.4, 0.5) is 4.79 Å². The molecule has 0 aliphatic carbocycles. The molecule has 182 valence electrons. The molecular formula is C25H38N4O4. The monoisotopic (exact) mass is 458 g/mol. The van der Waals surface area contributed by atoms with Gasteiger partial charge in [-0.15, -0.1) is 0 Å². The lowest BCUT2D eigenvalue weighted by Gasteiger charge is -2.42. The van der Waals surface area contributed by atoms with Gasteiger partial charge in [0.1, 0.15) is 5.60 Å². The van der Waals surface area contributed by atoms with Crippen LogP contribution in [0.2, 0.25) is 0 Å². The Morgan fingerprint density at radius 3 is 2.45 bits per heavy atom. The third-order valence-electron chi connectivity index (χ3n) is 5.72. The number of nitrogens with zero attached hydrogens (tertiary/aromatic N) is 3. The molecule has 0 bridgehead atoms. The zero-order valence-corrected chi connectivity index (χ0v) is 20.9. The summed E-state index contributed by atoms with van der Waals surface area (Å²) < 4.78 is 7.48. The second-order valence-corrected chi connectivity index (χ2v) is 11.0. The average molecular weight is 459 g/mol. The van der Waals surface area contributed by atoms with Crippen molar-refractivity contribution in [1.82, 2.24) is 20.0 Å². The van der Waals surface area contributed by atoms with Gasteiger partial charge in [-0.25, -0.2) is 4.79 Å². The van der Waals surface area contributed by atoms with Crippen LogP contribution in [0.3, 0.4) is 0 Å². The summed E-state index contributed by atoms with van der Waals surface area (Å²) in [4.78, 5) is 27.8. The first kappa shape index (κ1) is 25.0. The van der Waals surface area contributed by atoms with Crippen LogP contribution in [0, 0.1) is 0 Å². The number of benzene rings is 1. The van der Waals surface area contributed by atoms with Gasteiger partial charge in [0.15, 0.2) is 5.69 Å². The van der Waals surface area contributed by atoms with Gasteiger partial charge >= 0.3 is 6.09 Å². The number of nitrogens with one attached hydrogen (secondary N) is 1. The Kier molecular flexibility index (Phi) is 7.07. The van der Waals surface area contributed by atoms with Gasteiger partial charge < -0.3 is 20.1 Å². The van der Waals surface area contributed by atoms with E-state index in [4.69, 9.17) is 4.74 Å². The SMILES string of the molecule is CC(C)n1nc(C(=O)NC2CCC(CC(C)(C)O)N(C(=O)OC(C)(C)C)C2)c2ccccc21. The molecule has 0 spiro atoms. The second kappa shape index (κ2) is 9.33. The van der Waals surface area contributed by atoms with E-state index in [0.717, 1.165) is 10.9 Å². The highest BCUT2D eigenvalue weighted by Crippen LogP contribution is 2.28. The highest BCUT2D eigenvalue weighted by atomic mass is 16.6. The first-order chi connectivity index (χ1) is 15.2. The van der Waals surface area contributed by atoms with Gasteiger partial charge in [0, 0.05) is 30.1 Å². The zero-order chi connectivity index (χ0) is 24.6. The zero-order valence-electron chi connectivity index (χ0n) is 20.9. The molecule has 2 atom stereocenters. The number of ether oxygens (including phenoxy) is 1. The smallest absolute Gasteiger partial charge is 0.410 e. The van der Waals surface area contributed by atoms with Crippen LogP contribution in [0.5, 0.6) is 0 Å². The maximum Gasteiger partial charge on any atom is 0.410 e. The first-order valence-electron chi connectivity index (χ1n) is 11.8. The lowest BCUT2D eigenvalue weighted by molar-refractivity contribution is -0.0139. The predicted molar refractivity (Wildman–Crippen MR) is 128 cm³/mol. The van der Waals surface area contributed by atoms with Gasteiger partial charge in [-0.05, 0) is 73.8 Å². The molecule has 3 rings (SSSR count). The van der Waals surface area contributed by atoms with Crippen molar-refractivity contribution in [1.29, 1.82) is 0 Å². The fourth-order valence-electron chi connectivity index (χ4n) is 4.38. The molecule has 2 aromatic rings. The molecule has 0 saturated carbocycles. The Hall–Kier alpha value is -2.61. The van der Waals surface area contributed by atoms with E-state index >= 15 is 0 Å². The number of carbonyl (C=O) groups is 2. The molecule has 1 aromatic heterocycles. The maximum absolute atomic E-state index is 13.2. The standard InChI is InChI=1S/C25H38N4O4/c1-16(2)29-20-11-9-8-10-19(20)21(27-29)22(30)26-17-12-13-18(14-25(6,7)32)28(15-17)23(31)33-24(3,4)5/h8-11,16-18,32H,12-15H2,1-7H3,(H,26,30). The summed E-state index contributed by atoms with van der Waals surface area (Å²) in [5.74, 6) is -0.249. The molecule has 2 N–H and O–H groups in total. The van der Waals surface area contributed by atoms with Crippen molar-refractivity contribution < 1.29 is 19.4 Å². The van der Waals surface area contributed by atoms with Crippen LogP contribution in [-0.2, 0) is 4.74 Å². The number of likely N-dealkylation sites (tertiary alicyclic amines) is 1. The van der Waals surface area contributed by atoms with Gasteiger partial charge in [-0.1, -0.05) is 18.2 Å². The number of rotatable bonds is 5. The number of aliphatic hydroxyl groups is 1. The summed E-state index contributed by atoms with van der Waals surface area (Å²) in [7, 11) is 0. The average Bonchev–Trinajstić information content (AvgIpc) is 3.07. The summed E-state index contributed by atoms with van der Waals surface area (Å²) >= 11 is 0. The molecule has 1 aliphatic rings. The van der Waals surface area contributed by atoms with Crippen LogP contribution < -0.4 is 5.32 Å². The summed E-state index contributed by atoms with van der Waals surface area (Å²) in [6, 6.07) is 7.44. The van der Waals surface area contributed by atoms with E-state index < -0.39 is 17.3 Å². The fourth-order valence-corrected chi connectivity index (χ4v) is 4.38. The predicted octanol–water partition coefficient (Wildman–Crippen LogP) is 4.28. The molecule has 1 saturated heterocycles. The quantitative estimate of drug-likeness (QED) is 0.697. The van der Waals surface area contributed by atoms with E-state index in [1.165, 1.54) is 0 Å². The number of hydrogen-bond acceptors (Lipinski definition) is 5. The van der Waals surface area contributed by atoms with Crippen molar-refractivity contribution in [2.45, 2.75) is 97.1 Å². The minimum absolute atomic E-state index is 0.122. The van der Waals surface area contributed by atoms with Crippen molar-refractivity contribution in [3.63, 3.8) is 0 Å². The number of aromatic nitrogens is 2. The van der Waals surface area contributed by atoms with Crippen molar-refractivity contribution in [3.8, 4) is 0 Å². The highest BCUT2D eigenvalue weighted by molar-refractivity contribution is 6.05. The fraction of sp³-hybridized carbons (Fsp3) is 0.640. The Morgan fingerprint density at radius 2 is 1.85 bits per heavy atom. The molecule has 1 aromatic carbocycles. The molecule has 1 aliphatic heterocycles. The van der Waals surface area contributed by atoms with Crippen LogP contribution in [0.15, 0.2) is 24.3 Å². The minimum atomic E-state index is -0.913. The lowest BCUT2D eigenvalue weighted by atomic mass is 9.90. The topological polar surface area (TPSA) is 96.7 Å². The number of carbonyl (C=O) groups excluding carboxylic acids is 2. The lowest BCUT2D eigenvalue weighted by Crippen LogP contribution is -2.56. The summed E-state index contributed by atoms with van der Waals surface area (Å²) in [6.07, 6.45) is 1.38. The third kappa shape index (κ3) is 6.25. The van der Waals surface area contributed by atoms with Crippen LogP contribution >= 0.6 is 0 Å². The van der Waals surface area contributed by atoms with Gasteiger partial charge in [0.2, 0.25) is 0 Å². The Labute approximate surface area is 196 Å². The number of para-hydroxylation sites is 1. The molecule has 8 heteroatoms. The van der Waals surface area contributed by atoms with Crippen molar-refractivity contribution >= 4 is 22.9 Å². The number of fused-ring (bicyclic) bond motifs is 1. The van der Waals surface area contributed by atoms with Crippen LogP contribution in [0.1, 0.15) is 84.3 Å². The normalized spacial score (nSPS) is 19.7. The Bertz CT molecular complexity index is 1000. The number of piperidine rings is 1. The van der Waals surface area contributed by atoms with Crippen LogP contribution in [-0.4, -0.2) is 61.6 Å². The molecule has 2 unspecified atom stereocenters. The molecular weight excluding hydrogens is 420 g/mol. The minimum Gasteiger partial charge on any atom is -0.444 e. The molecule has 2 amide bonds. The summed E-state index contributed by atoms with van der Waals surface area (Å²) in [6.45, 7) is 13.4. The molecule has 0 radical (unpaired) electrons. The third-order valence-corrected chi connectivity index (χ3v) is 5.72. The highest BCUT2D eigenvalue weighted by Gasteiger charge is 2.37. The second-order valence-electron chi connectivity index (χ2n) is 11.0. The largest absolute Gasteiger partial charge is 0.444 e. The Balaban J connectivity index is 1.80. The molecule has 8 nitrogen and oxygen atoms in total. The summed E-state index contributed by atoms with van der Waals surface area (Å²) in [5, 5.41) is 18.8. The molecule has 1 fully saturated rings. The number of hydrogen-bond donors (Lipinski definition) is 2. The van der Waals surface area contributed by atoms with E-state index in [1.54, 1.807) is 18.7 Å². The first-order valence-corrected chi connectivity index (χ1v) is 11.8. The van der Waals surface area contributed by atoms with E-state index in [-0.39, 0.29) is 24.0 Å². The van der Waals surface area contributed by atoms with Crippen molar-refractivity contribution in [2.75, 3.05) is 6.54 Å². The number of amides is 2. The van der Waals surface area contributed by atoms with Gasteiger partial charge in [-0.3, -0.25) is 9.48 Å². The molecule has 2 heterocycles. The van der Waals surface area contributed by atoms with Crippen molar-refractivity contribution in [2.24, 2.45) is 0 Å².